The third-order valence-corrected chi connectivity index (χ3v) is 2.30. The lowest BCUT2D eigenvalue weighted by Gasteiger charge is -2.15. The fourth-order valence-corrected chi connectivity index (χ4v) is 1.47. The highest BCUT2D eigenvalue weighted by Gasteiger charge is 2.08. The van der Waals surface area contributed by atoms with Crippen molar-refractivity contribution in [3.8, 4) is 0 Å². The van der Waals surface area contributed by atoms with Gasteiger partial charge in [0.2, 0.25) is 0 Å². The first-order valence-electron chi connectivity index (χ1n) is 5.40. The SMILES string of the molecule is CN/C=C(\C)CN[C@H](CO)Cc1cnc[nH]1. The van der Waals surface area contributed by atoms with E-state index in [4.69, 9.17) is 0 Å². The number of aliphatic hydroxyl groups excluding tert-OH is 1. The van der Waals surface area contributed by atoms with Crippen LogP contribution in [0.2, 0.25) is 0 Å². The number of H-pyrrole nitrogens is 1. The zero-order valence-corrected chi connectivity index (χ0v) is 9.83. The molecule has 5 nitrogen and oxygen atoms in total. The molecule has 0 aromatic carbocycles. The molecule has 4 N–H and O–H groups in total. The van der Waals surface area contributed by atoms with E-state index >= 15 is 0 Å². The summed E-state index contributed by atoms with van der Waals surface area (Å²) in [6.07, 6.45) is 6.12. The van der Waals surface area contributed by atoms with Crippen molar-refractivity contribution >= 4 is 0 Å². The van der Waals surface area contributed by atoms with Gasteiger partial charge in [0.25, 0.3) is 0 Å². The smallest absolute Gasteiger partial charge is 0.0921 e. The van der Waals surface area contributed by atoms with Gasteiger partial charge >= 0.3 is 0 Å². The van der Waals surface area contributed by atoms with E-state index in [-0.39, 0.29) is 12.6 Å². The molecule has 1 aromatic heterocycles. The van der Waals surface area contributed by atoms with Gasteiger partial charge in [0.1, 0.15) is 0 Å². The minimum absolute atomic E-state index is 0.0562. The van der Waals surface area contributed by atoms with Crippen LogP contribution in [-0.2, 0) is 6.42 Å². The van der Waals surface area contributed by atoms with E-state index in [1.807, 2.05) is 20.2 Å². The van der Waals surface area contributed by atoms with E-state index in [9.17, 15) is 5.11 Å². The highest BCUT2D eigenvalue weighted by Crippen LogP contribution is 1.98. The summed E-state index contributed by atoms with van der Waals surface area (Å²) in [5.41, 5.74) is 2.23. The molecular weight excluding hydrogens is 204 g/mol. The topological polar surface area (TPSA) is 73.0 Å². The summed E-state index contributed by atoms with van der Waals surface area (Å²) in [5, 5.41) is 15.5. The lowest BCUT2D eigenvalue weighted by atomic mass is 10.1. The second-order valence-corrected chi connectivity index (χ2v) is 3.82. The van der Waals surface area contributed by atoms with Crippen LogP contribution in [0.4, 0.5) is 0 Å². The molecule has 90 valence electrons. The molecule has 0 bridgehead atoms. The molecule has 1 atom stereocenters. The number of aliphatic hydroxyl groups is 1. The Bertz CT molecular complexity index is 308. The first kappa shape index (κ1) is 12.7. The van der Waals surface area contributed by atoms with Gasteiger partial charge in [-0.15, -0.1) is 0 Å². The lowest BCUT2D eigenvalue weighted by molar-refractivity contribution is 0.243. The maximum Gasteiger partial charge on any atom is 0.0921 e. The molecule has 5 heteroatoms. The largest absolute Gasteiger partial charge is 0.395 e. The van der Waals surface area contributed by atoms with E-state index in [0.29, 0.717) is 0 Å². The van der Waals surface area contributed by atoms with Crippen LogP contribution in [0.25, 0.3) is 0 Å². The van der Waals surface area contributed by atoms with Crippen LogP contribution in [0.5, 0.6) is 0 Å². The number of nitrogens with one attached hydrogen (secondary N) is 3. The Labute approximate surface area is 96.0 Å². The summed E-state index contributed by atoms with van der Waals surface area (Å²) >= 11 is 0. The van der Waals surface area contributed by atoms with Crippen LogP contribution in [0.15, 0.2) is 24.3 Å². The average Bonchev–Trinajstić information content (AvgIpc) is 2.77. The summed E-state index contributed by atoms with van der Waals surface area (Å²) in [4.78, 5) is 6.97. The summed E-state index contributed by atoms with van der Waals surface area (Å²) < 4.78 is 0. The van der Waals surface area contributed by atoms with E-state index in [2.05, 4.69) is 20.6 Å². The third kappa shape index (κ3) is 4.46. The summed E-state index contributed by atoms with van der Waals surface area (Å²) in [7, 11) is 1.87. The summed E-state index contributed by atoms with van der Waals surface area (Å²) in [6.45, 7) is 2.92. The van der Waals surface area contributed by atoms with Crippen LogP contribution >= 0.6 is 0 Å². The molecule has 0 saturated carbocycles. The number of imidazole rings is 1. The molecule has 0 aliphatic rings. The Balaban J connectivity index is 2.35. The number of rotatable bonds is 7. The molecule has 0 aliphatic carbocycles. The van der Waals surface area contributed by atoms with E-state index in [1.165, 1.54) is 5.57 Å². The number of aromatic nitrogens is 2. The van der Waals surface area contributed by atoms with Crippen LogP contribution in [0.1, 0.15) is 12.6 Å². The van der Waals surface area contributed by atoms with Crippen molar-refractivity contribution < 1.29 is 5.11 Å². The molecule has 0 aliphatic heterocycles. The Morgan fingerprint density at radius 3 is 3.06 bits per heavy atom. The van der Waals surface area contributed by atoms with Gasteiger partial charge in [-0.05, 0) is 18.7 Å². The predicted molar refractivity (Wildman–Crippen MR) is 64.0 cm³/mol. The zero-order valence-electron chi connectivity index (χ0n) is 9.83. The fourth-order valence-electron chi connectivity index (χ4n) is 1.47. The maximum atomic E-state index is 9.24. The van der Waals surface area contributed by atoms with Gasteiger partial charge in [0.05, 0.1) is 12.9 Å². The van der Waals surface area contributed by atoms with Gasteiger partial charge < -0.3 is 20.7 Å². The van der Waals surface area contributed by atoms with Crippen LogP contribution in [0, 0.1) is 0 Å². The van der Waals surface area contributed by atoms with Crippen molar-refractivity contribution in [3.63, 3.8) is 0 Å². The second-order valence-electron chi connectivity index (χ2n) is 3.82. The zero-order chi connectivity index (χ0) is 11.8. The normalized spacial score (nSPS) is 13.8. The minimum Gasteiger partial charge on any atom is -0.395 e. The summed E-state index contributed by atoms with van der Waals surface area (Å²) in [5.74, 6) is 0. The number of nitrogens with zero attached hydrogens (tertiary/aromatic N) is 1. The Hall–Kier alpha value is -1.33. The van der Waals surface area contributed by atoms with Gasteiger partial charge in [-0.1, -0.05) is 0 Å². The fraction of sp³-hybridized carbons (Fsp3) is 0.545. The molecule has 1 rings (SSSR count). The molecule has 0 fully saturated rings. The van der Waals surface area contributed by atoms with Gasteiger partial charge in [-0.3, -0.25) is 0 Å². The molecule has 1 heterocycles. The standard InChI is InChI=1S/C11H20N4O/c1-9(4-12-2)5-14-11(7-16)3-10-6-13-8-15-10/h4,6,8,11-12,14,16H,3,5,7H2,1-2H3,(H,13,15)/b9-4+/t11-/m0/s1. The number of aromatic amines is 1. The van der Waals surface area contributed by atoms with Crippen molar-refractivity contribution in [1.29, 1.82) is 0 Å². The molecule has 0 saturated heterocycles. The van der Waals surface area contributed by atoms with Gasteiger partial charge in [0.15, 0.2) is 0 Å². The maximum absolute atomic E-state index is 9.24. The molecule has 16 heavy (non-hydrogen) atoms. The highest BCUT2D eigenvalue weighted by molar-refractivity contribution is 5.01. The number of hydrogen-bond donors (Lipinski definition) is 4. The van der Waals surface area contributed by atoms with Crippen molar-refractivity contribution in [2.45, 2.75) is 19.4 Å². The van der Waals surface area contributed by atoms with Crippen molar-refractivity contribution in [2.24, 2.45) is 0 Å². The molecule has 0 radical (unpaired) electrons. The van der Waals surface area contributed by atoms with E-state index < -0.39 is 0 Å². The Morgan fingerprint density at radius 2 is 2.50 bits per heavy atom. The van der Waals surface area contributed by atoms with Crippen LogP contribution < -0.4 is 10.6 Å². The summed E-state index contributed by atoms with van der Waals surface area (Å²) in [6, 6.07) is 0.0562. The molecule has 0 amide bonds. The third-order valence-electron chi connectivity index (χ3n) is 2.30. The predicted octanol–water partition coefficient (Wildman–Crippen LogP) is 0.0259. The number of hydrogen-bond acceptors (Lipinski definition) is 4. The monoisotopic (exact) mass is 224 g/mol. The molecule has 1 aromatic rings. The Morgan fingerprint density at radius 1 is 1.69 bits per heavy atom. The average molecular weight is 224 g/mol. The van der Waals surface area contributed by atoms with Crippen LogP contribution in [-0.4, -0.2) is 41.3 Å². The lowest BCUT2D eigenvalue weighted by Crippen LogP contribution is -2.35. The van der Waals surface area contributed by atoms with Crippen LogP contribution in [0.3, 0.4) is 0 Å². The Kier molecular flexibility index (Phi) is 5.60. The van der Waals surface area contributed by atoms with Crippen molar-refractivity contribution in [1.82, 2.24) is 20.6 Å². The van der Waals surface area contributed by atoms with Gasteiger partial charge in [-0.2, -0.15) is 0 Å². The van der Waals surface area contributed by atoms with E-state index in [1.54, 1.807) is 12.5 Å². The van der Waals surface area contributed by atoms with Crippen molar-refractivity contribution in [2.75, 3.05) is 20.2 Å². The quantitative estimate of drug-likeness (QED) is 0.527. The van der Waals surface area contributed by atoms with Gasteiger partial charge in [-0.25, -0.2) is 4.98 Å². The molecule has 0 unspecified atom stereocenters. The minimum atomic E-state index is 0.0562. The molecular formula is C11H20N4O. The highest BCUT2D eigenvalue weighted by atomic mass is 16.3. The van der Waals surface area contributed by atoms with Gasteiger partial charge in [0, 0.05) is 37.9 Å². The first-order valence-corrected chi connectivity index (χ1v) is 5.40. The van der Waals surface area contributed by atoms with E-state index in [0.717, 1.165) is 18.7 Å². The second kappa shape index (κ2) is 7.03. The van der Waals surface area contributed by atoms with Crippen molar-refractivity contribution in [3.05, 3.63) is 30.0 Å². The molecule has 0 spiro atoms. The first-order chi connectivity index (χ1) is 7.76.